The van der Waals surface area contributed by atoms with E-state index in [1.54, 1.807) is 0 Å². The second kappa shape index (κ2) is 9.16. The molecule has 1 aromatic rings. The molecule has 0 aliphatic carbocycles. The SMILES string of the molecule is CC1C[C@@H](O[Si](C)(C)C(C)(C)C)[C@H]([C@H](OCc2ccccc2)[C@@H](O)CO)O1. The Bertz CT molecular complexity index is 572. The number of aliphatic hydroxyl groups is 2. The van der Waals surface area contributed by atoms with E-state index in [4.69, 9.17) is 13.9 Å². The van der Waals surface area contributed by atoms with Gasteiger partial charge in [-0.2, -0.15) is 0 Å². The summed E-state index contributed by atoms with van der Waals surface area (Å²) < 4.78 is 18.8. The molecule has 5 atom stereocenters. The largest absolute Gasteiger partial charge is 0.411 e. The Morgan fingerprint density at radius 1 is 1.22 bits per heavy atom. The molecule has 27 heavy (non-hydrogen) atoms. The Hall–Kier alpha value is -0.763. The Kier molecular flexibility index (Phi) is 7.64. The fourth-order valence-corrected chi connectivity index (χ4v) is 4.47. The molecule has 1 saturated heterocycles. The van der Waals surface area contributed by atoms with Crippen LogP contribution in [-0.4, -0.2) is 55.7 Å². The summed E-state index contributed by atoms with van der Waals surface area (Å²) >= 11 is 0. The number of rotatable bonds is 8. The summed E-state index contributed by atoms with van der Waals surface area (Å²) in [6.45, 7) is 13.1. The van der Waals surface area contributed by atoms with Crippen molar-refractivity contribution in [2.45, 2.75) is 89.4 Å². The van der Waals surface area contributed by atoms with E-state index in [1.807, 2.05) is 37.3 Å². The van der Waals surface area contributed by atoms with Gasteiger partial charge in [0.25, 0.3) is 0 Å². The average molecular weight is 397 g/mol. The molecule has 1 heterocycles. The monoisotopic (exact) mass is 396 g/mol. The molecule has 6 heteroatoms. The number of hydrogen-bond donors (Lipinski definition) is 2. The highest BCUT2D eigenvalue weighted by atomic mass is 28.4. The van der Waals surface area contributed by atoms with Crippen LogP contribution in [0.1, 0.15) is 39.7 Å². The molecular weight excluding hydrogens is 360 g/mol. The average Bonchev–Trinajstić information content (AvgIpc) is 2.94. The molecule has 0 spiro atoms. The van der Waals surface area contributed by atoms with Crippen molar-refractivity contribution < 1.29 is 24.1 Å². The van der Waals surface area contributed by atoms with Crippen molar-refractivity contribution in [3.05, 3.63) is 35.9 Å². The lowest BCUT2D eigenvalue weighted by molar-refractivity contribution is -0.146. The van der Waals surface area contributed by atoms with Gasteiger partial charge in [0.1, 0.15) is 18.3 Å². The van der Waals surface area contributed by atoms with Gasteiger partial charge in [-0.25, -0.2) is 0 Å². The highest BCUT2D eigenvalue weighted by Crippen LogP contribution is 2.40. The minimum Gasteiger partial charge on any atom is -0.411 e. The third-order valence-corrected chi connectivity index (χ3v) is 10.3. The first-order valence-corrected chi connectivity index (χ1v) is 12.7. The Morgan fingerprint density at radius 3 is 2.41 bits per heavy atom. The molecule has 0 bridgehead atoms. The van der Waals surface area contributed by atoms with Gasteiger partial charge < -0.3 is 24.1 Å². The number of benzene rings is 1. The van der Waals surface area contributed by atoms with Crippen molar-refractivity contribution in [2.75, 3.05) is 6.61 Å². The summed E-state index contributed by atoms with van der Waals surface area (Å²) in [5, 5.41) is 20.1. The lowest BCUT2D eigenvalue weighted by Gasteiger charge is -2.40. The maximum Gasteiger partial charge on any atom is 0.192 e. The van der Waals surface area contributed by atoms with Crippen LogP contribution in [-0.2, 0) is 20.5 Å². The summed E-state index contributed by atoms with van der Waals surface area (Å²) in [6, 6.07) is 9.81. The zero-order valence-corrected chi connectivity index (χ0v) is 18.5. The van der Waals surface area contributed by atoms with Gasteiger partial charge in [0.15, 0.2) is 8.32 Å². The molecule has 2 rings (SSSR count). The van der Waals surface area contributed by atoms with Gasteiger partial charge in [-0.3, -0.25) is 0 Å². The molecule has 0 saturated carbocycles. The standard InChI is InChI=1S/C21H36O5Si/c1-15-12-18(26-27(5,6)21(2,3)4)20(25-15)19(17(23)13-22)24-14-16-10-8-7-9-11-16/h7-11,15,17-20,22-23H,12-14H2,1-6H3/t15?,17-,18+,19+,20+/m0/s1. The molecule has 2 N–H and O–H groups in total. The van der Waals surface area contributed by atoms with Gasteiger partial charge >= 0.3 is 0 Å². The Morgan fingerprint density at radius 2 is 1.85 bits per heavy atom. The molecule has 1 aliphatic heterocycles. The van der Waals surface area contributed by atoms with E-state index >= 15 is 0 Å². The fraction of sp³-hybridized carbons (Fsp3) is 0.714. The van der Waals surface area contributed by atoms with Gasteiger partial charge in [-0.15, -0.1) is 0 Å². The quantitative estimate of drug-likeness (QED) is 0.658. The second-order valence-corrected chi connectivity index (χ2v) is 13.8. The van der Waals surface area contributed by atoms with Crippen molar-refractivity contribution in [2.24, 2.45) is 0 Å². The van der Waals surface area contributed by atoms with Crippen molar-refractivity contribution in [3.8, 4) is 0 Å². The fourth-order valence-electron chi connectivity index (χ4n) is 3.13. The van der Waals surface area contributed by atoms with Crippen LogP contribution in [0.3, 0.4) is 0 Å². The predicted octanol–water partition coefficient (Wildman–Crippen LogP) is 3.49. The van der Waals surface area contributed by atoms with Crippen molar-refractivity contribution in [1.82, 2.24) is 0 Å². The zero-order chi connectivity index (χ0) is 20.2. The summed E-state index contributed by atoms with van der Waals surface area (Å²) in [6.07, 6.45) is -1.42. The Balaban J connectivity index is 2.16. The highest BCUT2D eigenvalue weighted by molar-refractivity contribution is 6.74. The normalized spacial score (nSPS) is 26.1. The number of aliphatic hydroxyl groups excluding tert-OH is 2. The first kappa shape index (κ1) is 22.5. The third-order valence-electron chi connectivity index (χ3n) is 5.75. The molecule has 154 valence electrons. The minimum atomic E-state index is -2.00. The van der Waals surface area contributed by atoms with Crippen molar-refractivity contribution >= 4 is 8.32 Å². The van der Waals surface area contributed by atoms with Crippen molar-refractivity contribution in [1.29, 1.82) is 0 Å². The van der Waals surface area contributed by atoms with E-state index in [0.717, 1.165) is 12.0 Å². The van der Waals surface area contributed by atoms with Gasteiger partial charge in [0, 0.05) is 6.42 Å². The van der Waals surface area contributed by atoms with Crippen LogP contribution in [0.25, 0.3) is 0 Å². The minimum absolute atomic E-state index is 0.0264. The molecule has 0 amide bonds. The zero-order valence-electron chi connectivity index (χ0n) is 17.5. The second-order valence-electron chi connectivity index (χ2n) is 9.07. The van der Waals surface area contributed by atoms with Crippen molar-refractivity contribution in [3.63, 3.8) is 0 Å². The van der Waals surface area contributed by atoms with Crippen LogP contribution in [0.2, 0.25) is 18.1 Å². The topological polar surface area (TPSA) is 68.2 Å². The van der Waals surface area contributed by atoms with Gasteiger partial charge in [-0.05, 0) is 30.6 Å². The van der Waals surface area contributed by atoms with E-state index in [9.17, 15) is 10.2 Å². The third kappa shape index (κ3) is 5.86. The summed E-state index contributed by atoms with van der Waals surface area (Å²) in [5.74, 6) is 0. The molecule has 0 radical (unpaired) electrons. The highest BCUT2D eigenvalue weighted by Gasteiger charge is 2.47. The van der Waals surface area contributed by atoms with E-state index < -0.39 is 26.6 Å². The summed E-state index contributed by atoms with van der Waals surface area (Å²) in [4.78, 5) is 0. The molecule has 1 unspecified atom stereocenters. The van der Waals surface area contributed by atoms with Crippen LogP contribution in [0, 0.1) is 0 Å². The first-order chi connectivity index (χ1) is 12.5. The van der Waals surface area contributed by atoms with E-state index in [-0.39, 0.29) is 23.9 Å². The maximum absolute atomic E-state index is 10.4. The van der Waals surface area contributed by atoms with Crippen LogP contribution >= 0.6 is 0 Å². The lowest BCUT2D eigenvalue weighted by atomic mass is 10.0. The van der Waals surface area contributed by atoms with Crippen LogP contribution in [0.5, 0.6) is 0 Å². The molecule has 1 aliphatic rings. The van der Waals surface area contributed by atoms with Gasteiger partial charge in [-0.1, -0.05) is 51.1 Å². The predicted molar refractivity (Wildman–Crippen MR) is 109 cm³/mol. The number of hydrogen-bond acceptors (Lipinski definition) is 5. The summed E-state index contributed by atoms with van der Waals surface area (Å²) in [7, 11) is -2.00. The lowest BCUT2D eigenvalue weighted by Crippen LogP contribution is -2.51. The first-order valence-electron chi connectivity index (χ1n) is 9.83. The van der Waals surface area contributed by atoms with Gasteiger partial charge in [0.05, 0.1) is 25.4 Å². The molecular formula is C21H36O5Si. The molecule has 0 aromatic heterocycles. The van der Waals surface area contributed by atoms with Crippen LogP contribution < -0.4 is 0 Å². The van der Waals surface area contributed by atoms with Gasteiger partial charge in [0.2, 0.25) is 0 Å². The maximum atomic E-state index is 10.4. The Labute approximate surface area is 164 Å². The smallest absolute Gasteiger partial charge is 0.192 e. The summed E-state index contributed by atoms with van der Waals surface area (Å²) in [5.41, 5.74) is 1.01. The van der Waals surface area contributed by atoms with E-state index in [2.05, 4.69) is 33.9 Å². The van der Waals surface area contributed by atoms with E-state index in [1.165, 1.54) is 0 Å². The van der Waals surface area contributed by atoms with E-state index in [0.29, 0.717) is 6.61 Å². The number of ether oxygens (including phenoxy) is 2. The molecule has 1 fully saturated rings. The molecule has 5 nitrogen and oxygen atoms in total. The van der Waals surface area contributed by atoms with Crippen LogP contribution in [0.4, 0.5) is 0 Å². The van der Waals surface area contributed by atoms with Crippen LogP contribution in [0.15, 0.2) is 30.3 Å². The molecule has 1 aromatic carbocycles.